The maximum atomic E-state index is 12.4. The molecule has 0 saturated carbocycles. The molecule has 6 rings (SSSR count). The monoisotopic (exact) mass is 584 g/mol. The Morgan fingerprint density at radius 1 is 1.07 bits per heavy atom. The van der Waals surface area contributed by atoms with Crippen LogP contribution in [0, 0.1) is 6.92 Å². The first-order valence-corrected chi connectivity index (χ1v) is 14.3. The van der Waals surface area contributed by atoms with E-state index in [1.807, 2.05) is 61.8 Å². The maximum absolute atomic E-state index is 12.4. The minimum atomic E-state index is -0.915. The predicted octanol–water partition coefficient (Wildman–Crippen LogP) is 4.99. The zero-order valence-corrected chi connectivity index (χ0v) is 24.8. The van der Waals surface area contributed by atoms with Crippen LogP contribution in [0.3, 0.4) is 0 Å². The highest BCUT2D eigenvalue weighted by molar-refractivity contribution is 6.30. The average molecular weight is 585 g/mol. The van der Waals surface area contributed by atoms with Gasteiger partial charge in [-0.05, 0) is 67.8 Å². The molecule has 2 aromatic carbocycles. The SMILES string of the molecule is Cc1cc(-c2ccc3nc(-c4cnn(CC(C)(C)O)c4)nc(C4OCCNC4c4ccc(Cl)cc4)c3c2)cn(C)c1=O. The van der Waals surface area contributed by atoms with E-state index in [1.165, 1.54) is 0 Å². The molecular weight excluding hydrogens is 552 g/mol. The smallest absolute Gasteiger partial charge is 0.253 e. The third kappa shape index (κ3) is 5.73. The molecule has 5 aromatic rings. The summed E-state index contributed by atoms with van der Waals surface area (Å²) in [5, 5.41) is 19.9. The Morgan fingerprint density at radius 3 is 2.60 bits per heavy atom. The summed E-state index contributed by atoms with van der Waals surface area (Å²) in [7, 11) is 1.76. The van der Waals surface area contributed by atoms with E-state index in [-0.39, 0.29) is 11.6 Å². The van der Waals surface area contributed by atoms with Gasteiger partial charge in [-0.2, -0.15) is 5.10 Å². The lowest BCUT2D eigenvalue weighted by Gasteiger charge is -2.33. The van der Waals surface area contributed by atoms with Crippen LogP contribution in [0.1, 0.15) is 42.8 Å². The van der Waals surface area contributed by atoms with Gasteiger partial charge in [0, 0.05) is 42.0 Å². The molecule has 0 aliphatic carbocycles. The molecule has 3 aromatic heterocycles. The van der Waals surface area contributed by atoms with Crippen molar-refractivity contribution in [3.05, 3.63) is 99.3 Å². The summed E-state index contributed by atoms with van der Waals surface area (Å²) in [6, 6.07) is 15.6. The lowest BCUT2D eigenvalue weighted by atomic mass is 9.94. The van der Waals surface area contributed by atoms with Crippen LogP contribution >= 0.6 is 11.6 Å². The highest BCUT2D eigenvalue weighted by Gasteiger charge is 2.32. The normalized spacial score (nSPS) is 17.6. The van der Waals surface area contributed by atoms with E-state index in [4.69, 9.17) is 26.3 Å². The number of ether oxygens (including phenoxy) is 1. The Kier molecular flexibility index (Phi) is 7.44. The van der Waals surface area contributed by atoms with Gasteiger partial charge in [0.25, 0.3) is 5.56 Å². The molecule has 1 fully saturated rings. The second-order valence-corrected chi connectivity index (χ2v) is 11.9. The van der Waals surface area contributed by atoms with Crippen molar-refractivity contribution >= 4 is 22.5 Å². The van der Waals surface area contributed by atoms with E-state index in [1.54, 1.807) is 36.3 Å². The molecule has 0 radical (unpaired) electrons. The van der Waals surface area contributed by atoms with Gasteiger partial charge >= 0.3 is 0 Å². The molecule has 216 valence electrons. The second kappa shape index (κ2) is 11.1. The Balaban J connectivity index is 1.52. The van der Waals surface area contributed by atoms with Gasteiger partial charge in [0.05, 0.1) is 47.8 Å². The molecule has 4 heterocycles. The van der Waals surface area contributed by atoms with Gasteiger partial charge in [-0.3, -0.25) is 9.48 Å². The number of aliphatic hydroxyl groups is 1. The zero-order valence-electron chi connectivity index (χ0n) is 24.0. The van der Waals surface area contributed by atoms with Gasteiger partial charge in [0.2, 0.25) is 0 Å². The van der Waals surface area contributed by atoms with Gasteiger partial charge < -0.3 is 19.7 Å². The quantitative estimate of drug-likeness (QED) is 0.289. The van der Waals surface area contributed by atoms with Gasteiger partial charge in [-0.1, -0.05) is 29.8 Å². The first kappa shape index (κ1) is 28.2. The van der Waals surface area contributed by atoms with Crippen LogP contribution in [0.4, 0.5) is 0 Å². The molecule has 2 unspecified atom stereocenters. The van der Waals surface area contributed by atoms with E-state index < -0.39 is 11.7 Å². The minimum Gasteiger partial charge on any atom is -0.389 e. The Bertz CT molecular complexity index is 1800. The Hall–Kier alpha value is -3.89. The van der Waals surface area contributed by atoms with Crippen LogP contribution in [0.25, 0.3) is 33.4 Å². The van der Waals surface area contributed by atoms with Crippen molar-refractivity contribution in [2.45, 2.75) is 45.1 Å². The molecule has 9 nitrogen and oxygen atoms in total. The second-order valence-electron chi connectivity index (χ2n) is 11.5. The van der Waals surface area contributed by atoms with Crippen LogP contribution in [-0.2, 0) is 18.3 Å². The van der Waals surface area contributed by atoms with Crippen LogP contribution in [0.2, 0.25) is 5.02 Å². The van der Waals surface area contributed by atoms with E-state index in [0.29, 0.717) is 36.1 Å². The zero-order chi connectivity index (χ0) is 29.6. The van der Waals surface area contributed by atoms with E-state index >= 15 is 0 Å². The topological polar surface area (TPSA) is 107 Å². The highest BCUT2D eigenvalue weighted by Crippen LogP contribution is 2.39. The fraction of sp³-hybridized carbons (Fsp3) is 0.312. The minimum absolute atomic E-state index is 0.0224. The summed E-state index contributed by atoms with van der Waals surface area (Å²) in [4.78, 5) is 22.4. The van der Waals surface area contributed by atoms with E-state index in [2.05, 4.69) is 16.5 Å². The van der Waals surface area contributed by atoms with Gasteiger partial charge in [0.1, 0.15) is 6.10 Å². The lowest BCUT2D eigenvalue weighted by Crippen LogP contribution is -2.37. The van der Waals surface area contributed by atoms with Crippen LogP contribution in [0.15, 0.2) is 71.9 Å². The van der Waals surface area contributed by atoms with Crippen molar-refractivity contribution in [1.29, 1.82) is 0 Å². The fourth-order valence-electron chi connectivity index (χ4n) is 5.48. The largest absolute Gasteiger partial charge is 0.389 e. The summed E-state index contributed by atoms with van der Waals surface area (Å²) in [5.74, 6) is 0.522. The third-order valence-corrected chi connectivity index (χ3v) is 7.68. The number of aromatic nitrogens is 5. The molecule has 0 amide bonds. The number of hydrogen-bond donors (Lipinski definition) is 2. The standard InChI is InChI=1S/C32H33ClN6O3/c1-19-13-22(16-38(4)31(19)40)21-7-10-26-25(14-21)28(29-27(34-11-12-42-29)20-5-8-24(33)9-6-20)37-30(36-26)23-15-35-39(17-23)18-32(2,3)41/h5-10,13-17,27,29,34,41H,11-12,18H2,1-4H3. The van der Waals surface area contributed by atoms with Crippen LogP contribution in [0.5, 0.6) is 0 Å². The molecular formula is C32H33ClN6O3. The first-order chi connectivity index (χ1) is 20.1. The van der Waals surface area contributed by atoms with Crippen molar-refractivity contribution in [1.82, 2.24) is 29.6 Å². The summed E-state index contributed by atoms with van der Waals surface area (Å²) in [6.45, 7) is 6.87. The van der Waals surface area contributed by atoms with Crippen molar-refractivity contribution in [2.24, 2.45) is 7.05 Å². The first-order valence-electron chi connectivity index (χ1n) is 13.9. The number of nitrogens with zero attached hydrogens (tertiary/aromatic N) is 5. The number of fused-ring (bicyclic) bond motifs is 1. The van der Waals surface area contributed by atoms with Crippen LogP contribution in [-0.4, -0.2) is 48.2 Å². The molecule has 1 aliphatic rings. The summed E-state index contributed by atoms with van der Waals surface area (Å²) < 4.78 is 9.75. The predicted molar refractivity (Wildman–Crippen MR) is 163 cm³/mol. The van der Waals surface area contributed by atoms with Crippen molar-refractivity contribution < 1.29 is 9.84 Å². The van der Waals surface area contributed by atoms with Crippen molar-refractivity contribution in [3.8, 4) is 22.5 Å². The third-order valence-electron chi connectivity index (χ3n) is 7.43. The molecule has 2 atom stereocenters. The van der Waals surface area contributed by atoms with Crippen LogP contribution < -0.4 is 10.9 Å². The maximum Gasteiger partial charge on any atom is 0.253 e. The number of hydrogen-bond acceptors (Lipinski definition) is 7. The number of nitrogens with one attached hydrogen (secondary N) is 1. The number of halogens is 1. The number of aryl methyl sites for hydroxylation is 2. The van der Waals surface area contributed by atoms with Gasteiger partial charge in [-0.25, -0.2) is 9.97 Å². The summed E-state index contributed by atoms with van der Waals surface area (Å²) >= 11 is 6.20. The molecule has 1 saturated heterocycles. The molecule has 0 spiro atoms. The number of pyridine rings is 1. The fourth-order valence-corrected chi connectivity index (χ4v) is 5.60. The number of morpholine rings is 1. The lowest BCUT2D eigenvalue weighted by molar-refractivity contribution is -0.00792. The van der Waals surface area contributed by atoms with Crippen molar-refractivity contribution in [2.75, 3.05) is 13.2 Å². The molecule has 2 N–H and O–H groups in total. The van der Waals surface area contributed by atoms with E-state index in [0.717, 1.165) is 38.9 Å². The highest BCUT2D eigenvalue weighted by atomic mass is 35.5. The summed E-state index contributed by atoms with van der Waals surface area (Å²) in [5.41, 5.74) is 4.91. The Morgan fingerprint density at radius 2 is 1.86 bits per heavy atom. The van der Waals surface area contributed by atoms with Gasteiger partial charge in [-0.15, -0.1) is 0 Å². The van der Waals surface area contributed by atoms with Gasteiger partial charge in [0.15, 0.2) is 5.82 Å². The molecule has 1 aliphatic heterocycles. The van der Waals surface area contributed by atoms with Crippen molar-refractivity contribution in [3.63, 3.8) is 0 Å². The number of benzene rings is 2. The molecule has 42 heavy (non-hydrogen) atoms. The van der Waals surface area contributed by atoms with E-state index in [9.17, 15) is 9.90 Å². The molecule has 10 heteroatoms. The summed E-state index contributed by atoms with van der Waals surface area (Å²) in [6.07, 6.45) is 5.00. The average Bonchev–Trinajstić information content (AvgIpc) is 3.42. The molecule has 0 bridgehead atoms. The number of rotatable bonds is 6. The Labute approximate surface area is 248 Å².